The van der Waals surface area contributed by atoms with Crippen molar-refractivity contribution in [2.24, 2.45) is 15.0 Å². The zero-order chi connectivity index (χ0) is 13.2. The minimum absolute atomic E-state index is 0.190. The number of allylic oxidation sites excluding steroid dienone is 1. The summed E-state index contributed by atoms with van der Waals surface area (Å²) < 4.78 is 0. The van der Waals surface area contributed by atoms with Crippen LogP contribution in [0.5, 0.6) is 0 Å². The number of amidine groups is 1. The lowest BCUT2D eigenvalue weighted by Crippen LogP contribution is -2.30. The second-order valence-electron chi connectivity index (χ2n) is 4.05. The van der Waals surface area contributed by atoms with Gasteiger partial charge in [0.25, 0.3) is 5.91 Å². The zero-order valence-corrected chi connectivity index (χ0v) is 10.3. The monoisotopic (exact) mass is 253 g/mol. The summed E-state index contributed by atoms with van der Waals surface area (Å²) in [6.07, 6.45) is 3.66. The van der Waals surface area contributed by atoms with Crippen LogP contribution in [0.2, 0.25) is 0 Å². The molecular formula is C13H11N5O. The van der Waals surface area contributed by atoms with Gasteiger partial charge in [-0.1, -0.05) is 6.07 Å². The van der Waals surface area contributed by atoms with E-state index < -0.39 is 0 Å². The van der Waals surface area contributed by atoms with Crippen LogP contribution in [-0.2, 0) is 4.79 Å². The summed E-state index contributed by atoms with van der Waals surface area (Å²) in [5.74, 6) is 0.375. The predicted molar refractivity (Wildman–Crippen MR) is 72.4 cm³/mol. The third kappa shape index (κ3) is 2.08. The lowest BCUT2D eigenvalue weighted by molar-refractivity contribution is -0.114. The topological polar surface area (TPSA) is 79.1 Å². The molecule has 6 nitrogen and oxygen atoms in total. The third-order valence-electron chi connectivity index (χ3n) is 2.82. The largest absolute Gasteiger partial charge is 0.354 e. The van der Waals surface area contributed by atoms with E-state index in [4.69, 9.17) is 0 Å². The van der Waals surface area contributed by atoms with Gasteiger partial charge in [-0.25, -0.2) is 9.98 Å². The first kappa shape index (κ1) is 11.5. The normalized spacial score (nSPS) is 16.9. The van der Waals surface area contributed by atoms with Crippen LogP contribution in [0.25, 0.3) is 0 Å². The van der Waals surface area contributed by atoms with Crippen molar-refractivity contribution in [1.29, 1.82) is 0 Å². The molecule has 19 heavy (non-hydrogen) atoms. The zero-order valence-electron chi connectivity index (χ0n) is 10.3. The summed E-state index contributed by atoms with van der Waals surface area (Å²) >= 11 is 0. The van der Waals surface area contributed by atoms with Gasteiger partial charge in [0.2, 0.25) is 0 Å². The van der Waals surface area contributed by atoms with Gasteiger partial charge in [-0.3, -0.25) is 14.8 Å². The molecule has 0 saturated carbocycles. The molecule has 1 aromatic rings. The molecule has 0 bridgehead atoms. The van der Waals surface area contributed by atoms with Crippen molar-refractivity contribution in [3.8, 4) is 0 Å². The Labute approximate surface area is 109 Å². The number of pyridine rings is 1. The minimum Gasteiger partial charge on any atom is -0.354 e. The molecule has 0 aliphatic carbocycles. The highest BCUT2D eigenvalue weighted by atomic mass is 16.1. The molecule has 2 aliphatic rings. The number of hydrogen-bond donors (Lipinski definition) is 1. The van der Waals surface area contributed by atoms with E-state index in [2.05, 4.69) is 25.3 Å². The highest BCUT2D eigenvalue weighted by molar-refractivity contribution is 6.44. The van der Waals surface area contributed by atoms with E-state index in [0.29, 0.717) is 29.4 Å². The number of fused-ring (bicyclic) bond motifs is 1. The molecule has 2 aliphatic heterocycles. The first-order valence-electron chi connectivity index (χ1n) is 5.85. The number of carbonyl (C=O) groups is 1. The van der Waals surface area contributed by atoms with Crippen LogP contribution in [0.15, 0.2) is 51.3 Å². The van der Waals surface area contributed by atoms with Gasteiger partial charge in [-0.05, 0) is 12.1 Å². The summed E-state index contributed by atoms with van der Waals surface area (Å²) in [7, 11) is 1.58. The van der Waals surface area contributed by atoms with Crippen LogP contribution in [-0.4, -0.2) is 35.2 Å². The summed E-state index contributed by atoms with van der Waals surface area (Å²) in [5.41, 5.74) is 2.62. The van der Waals surface area contributed by atoms with Crippen molar-refractivity contribution < 1.29 is 4.79 Å². The lowest BCUT2D eigenvalue weighted by atomic mass is 10.1. The van der Waals surface area contributed by atoms with Crippen molar-refractivity contribution in [2.75, 3.05) is 7.05 Å². The fourth-order valence-corrected chi connectivity index (χ4v) is 1.86. The third-order valence-corrected chi connectivity index (χ3v) is 2.82. The average molecular weight is 253 g/mol. The Morgan fingerprint density at radius 3 is 2.95 bits per heavy atom. The van der Waals surface area contributed by atoms with Gasteiger partial charge in [-0.15, -0.1) is 0 Å². The van der Waals surface area contributed by atoms with E-state index in [1.807, 2.05) is 18.2 Å². The van der Waals surface area contributed by atoms with Gasteiger partial charge in [0, 0.05) is 19.7 Å². The van der Waals surface area contributed by atoms with Crippen LogP contribution in [0.1, 0.15) is 12.1 Å². The minimum atomic E-state index is -0.190. The van der Waals surface area contributed by atoms with E-state index in [0.717, 1.165) is 5.71 Å². The molecule has 1 amide bonds. The van der Waals surface area contributed by atoms with Crippen molar-refractivity contribution in [3.63, 3.8) is 0 Å². The van der Waals surface area contributed by atoms with Crippen LogP contribution in [0.4, 0.5) is 0 Å². The molecule has 0 fully saturated rings. The van der Waals surface area contributed by atoms with E-state index in [-0.39, 0.29) is 5.91 Å². The maximum atomic E-state index is 11.5. The molecule has 0 unspecified atom stereocenters. The highest BCUT2D eigenvalue weighted by Gasteiger charge is 2.25. The van der Waals surface area contributed by atoms with E-state index in [1.54, 1.807) is 19.4 Å². The summed E-state index contributed by atoms with van der Waals surface area (Å²) in [4.78, 5) is 28.6. The Bertz CT molecular complexity index is 655. The fourth-order valence-electron chi connectivity index (χ4n) is 1.86. The Balaban J connectivity index is 1.89. The fraction of sp³-hybridized carbons (Fsp3) is 0.154. The molecule has 3 heterocycles. The molecule has 1 aromatic heterocycles. The van der Waals surface area contributed by atoms with E-state index >= 15 is 0 Å². The molecule has 3 rings (SSSR count). The van der Waals surface area contributed by atoms with Crippen LogP contribution >= 0.6 is 0 Å². The van der Waals surface area contributed by atoms with Crippen LogP contribution in [0.3, 0.4) is 0 Å². The number of hydrogen-bond acceptors (Lipinski definition) is 5. The molecule has 0 spiro atoms. The number of carbonyl (C=O) groups excluding carboxylic acids is 1. The number of nitrogens with one attached hydrogen (secondary N) is 1. The van der Waals surface area contributed by atoms with Crippen molar-refractivity contribution in [3.05, 3.63) is 42.0 Å². The maximum Gasteiger partial charge on any atom is 0.265 e. The molecule has 0 radical (unpaired) electrons. The van der Waals surface area contributed by atoms with Gasteiger partial charge >= 0.3 is 0 Å². The van der Waals surface area contributed by atoms with Gasteiger partial charge < -0.3 is 5.32 Å². The standard InChI is InChI=1S/C13H11N5O/c1-14-13(19)10-6-9-11(7-16-10)18-12(17-9)8-4-2-3-5-15-8/h2-5,7H,6H2,1H3,(H,14,19). The quantitative estimate of drug-likeness (QED) is 0.842. The number of aliphatic imine (C=N–C) groups is 3. The molecule has 0 aromatic carbocycles. The average Bonchev–Trinajstić information content (AvgIpc) is 2.90. The highest BCUT2D eigenvalue weighted by Crippen LogP contribution is 2.20. The summed E-state index contributed by atoms with van der Waals surface area (Å²) in [6.45, 7) is 0. The SMILES string of the molecule is CNC(=O)C1=NC=C2N=C(c3ccccn3)N=C2C1. The second kappa shape index (κ2) is 4.56. The van der Waals surface area contributed by atoms with Crippen molar-refractivity contribution in [2.45, 2.75) is 6.42 Å². The Morgan fingerprint density at radius 1 is 1.32 bits per heavy atom. The molecular weight excluding hydrogens is 242 g/mol. The number of nitrogens with zero attached hydrogens (tertiary/aromatic N) is 4. The van der Waals surface area contributed by atoms with Gasteiger partial charge in [0.15, 0.2) is 5.84 Å². The van der Waals surface area contributed by atoms with Gasteiger partial charge in [0.05, 0.1) is 11.9 Å². The number of amides is 1. The Kier molecular flexibility index (Phi) is 2.75. The Morgan fingerprint density at radius 2 is 2.21 bits per heavy atom. The molecule has 0 atom stereocenters. The van der Waals surface area contributed by atoms with E-state index in [1.165, 1.54) is 0 Å². The predicted octanol–water partition coefficient (Wildman–Crippen LogP) is 0.715. The van der Waals surface area contributed by atoms with E-state index in [9.17, 15) is 4.79 Å². The number of aromatic nitrogens is 1. The lowest BCUT2D eigenvalue weighted by Gasteiger charge is -2.08. The summed E-state index contributed by atoms with van der Waals surface area (Å²) in [6, 6.07) is 5.57. The van der Waals surface area contributed by atoms with Crippen molar-refractivity contribution >= 4 is 23.2 Å². The Hall–Kier alpha value is -2.63. The molecule has 1 N–H and O–H groups in total. The van der Waals surface area contributed by atoms with Crippen LogP contribution < -0.4 is 5.32 Å². The van der Waals surface area contributed by atoms with Gasteiger partial charge in [0.1, 0.15) is 17.1 Å². The molecule has 0 saturated heterocycles. The number of rotatable bonds is 2. The second-order valence-corrected chi connectivity index (χ2v) is 4.05. The smallest absolute Gasteiger partial charge is 0.265 e. The van der Waals surface area contributed by atoms with Gasteiger partial charge in [-0.2, -0.15) is 0 Å². The van der Waals surface area contributed by atoms with Crippen LogP contribution in [0, 0.1) is 0 Å². The maximum absolute atomic E-state index is 11.5. The molecule has 94 valence electrons. The first-order chi connectivity index (χ1) is 9.28. The summed E-state index contributed by atoms with van der Waals surface area (Å²) in [5, 5.41) is 2.55. The molecule has 6 heteroatoms. The van der Waals surface area contributed by atoms with Crippen molar-refractivity contribution in [1.82, 2.24) is 10.3 Å². The first-order valence-corrected chi connectivity index (χ1v) is 5.85.